The Balaban J connectivity index is 1.76. The molecule has 2 aromatic heterocycles. The number of hydrogen-bond donors (Lipinski definition) is 3. The lowest BCUT2D eigenvalue weighted by Gasteiger charge is -2.15. The molecule has 0 radical (unpaired) electrons. The van der Waals surface area contributed by atoms with E-state index >= 15 is 0 Å². The quantitative estimate of drug-likeness (QED) is 0.295. The highest BCUT2D eigenvalue weighted by Gasteiger charge is 2.09. The molecule has 1 aromatic carbocycles. The van der Waals surface area contributed by atoms with Crippen LogP contribution < -0.4 is 16.0 Å². The van der Waals surface area contributed by atoms with E-state index in [2.05, 4.69) is 30.9 Å². The third kappa shape index (κ3) is 6.42. The molecule has 3 aromatic rings. The number of anilines is 2. The van der Waals surface area contributed by atoms with Crippen LogP contribution in [0.3, 0.4) is 0 Å². The van der Waals surface area contributed by atoms with Crippen molar-refractivity contribution >= 4 is 58.1 Å². The first kappa shape index (κ1) is 21.0. The molecule has 7 nitrogen and oxygen atoms in total. The van der Waals surface area contributed by atoms with Gasteiger partial charge in [0, 0.05) is 16.4 Å². The van der Waals surface area contributed by atoms with Crippen LogP contribution in [0.5, 0.6) is 0 Å². The molecule has 0 spiro atoms. The molecule has 0 atom stereocenters. The van der Waals surface area contributed by atoms with Gasteiger partial charge in [-0.2, -0.15) is 0 Å². The summed E-state index contributed by atoms with van der Waals surface area (Å²) in [5.74, 6) is 1.46. The van der Waals surface area contributed by atoms with Crippen molar-refractivity contribution in [3.8, 4) is 0 Å². The number of halogens is 2. The third-order valence-electron chi connectivity index (χ3n) is 3.60. The predicted octanol–water partition coefficient (Wildman–Crippen LogP) is 4.95. The van der Waals surface area contributed by atoms with Crippen LogP contribution in [-0.4, -0.2) is 21.0 Å². The van der Waals surface area contributed by atoms with Gasteiger partial charge in [-0.1, -0.05) is 23.2 Å². The highest BCUT2D eigenvalue weighted by atomic mass is 35.5. The standard InChI is InChI=1S/C19H18Cl2N6OS/c1-11-8-12(2)24-18(23-11)26-17(22-10-14-4-3-7-28-14)27-19(29)25-16-6-5-13(20)9-15(16)21/h3-9H,10H2,1-2H3,(H3,22,23,24,25,26,27,29). The van der Waals surface area contributed by atoms with Gasteiger partial charge < -0.3 is 15.1 Å². The number of aryl methyl sites for hydroxylation is 2. The Bertz CT molecular complexity index is 1020. The molecule has 0 saturated carbocycles. The number of benzene rings is 1. The second-order valence-electron chi connectivity index (χ2n) is 6.05. The molecule has 0 fully saturated rings. The van der Waals surface area contributed by atoms with E-state index < -0.39 is 0 Å². The van der Waals surface area contributed by atoms with Crippen LogP contribution in [0.25, 0.3) is 0 Å². The summed E-state index contributed by atoms with van der Waals surface area (Å²) >= 11 is 17.5. The van der Waals surface area contributed by atoms with E-state index in [1.165, 1.54) is 0 Å². The molecule has 29 heavy (non-hydrogen) atoms. The van der Waals surface area contributed by atoms with Crippen LogP contribution in [0.4, 0.5) is 11.6 Å². The van der Waals surface area contributed by atoms with Crippen LogP contribution in [0.15, 0.2) is 52.1 Å². The number of nitrogens with zero attached hydrogens (tertiary/aromatic N) is 3. The Morgan fingerprint density at radius 1 is 1.10 bits per heavy atom. The van der Waals surface area contributed by atoms with Crippen molar-refractivity contribution in [2.24, 2.45) is 4.99 Å². The minimum absolute atomic E-state index is 0.282. The van der Waals surface area contributed by atoms with Gasteiger partial charge in [0.1, 0.15) is 12.3 Å². The van der Waals surface area contributed by atoms with Gasteiger partial charge in [0.15, 0.2) is 5.11 Å². The number of furan rings is 1. The number of hydrogen-bond acceptors (Lipinski definition) is 5. The number of nitrogens with one attached hydrogen (secondary N) is 3. The van der Waals surface area contributed by atoms with Crippen molar-refractivity contribution in [3.05, 3.63) is 69.9 Å². The third-order valence-corrected chi connectivity index (χ3v) is 4.35. The van der Waals surface area contributed by atoms with Crippen LogP contribution in [-0.2, 0) is 6.54 Å². The Hall–Kier alpha value is -2.68. The summed E-state index contributed by atoms with van der Waals surface area (Å²) in [6, 6.07) is 10.6. The summed E-state index contributed by atoms with van der Waals surface area (Å²) in [6.07, 6.45) is 1.59. The van der Waals surface area contributed by atoms with Crippen LogP contribution in [0.1, 0.15) is 17.1 Å². The monoisotopic (exact) mass is 448 g/mol. The maximum atomic E-state index is 6.19. The van der Waals surface area contributed by atoms with Gasteiger partial charge in [0.05, 0.1) is 17.0 Å². The zero-order valence-electron chi connectivity index (χ0n) is 15.7. The van der Waals surface area contributed by atoms with Crippen molar-refractivity contribution in [1.82, 2.24) is 15.3 Å². The fourth-order valence-electron chi connectivity index (χ4n) is 2.41. The molecule has 0 amide bonds. The average molecular weight is 449 g/mol. The molecule has 2 heterocycles. The number of thiocarbonyl (C=S) groups is 1. The van der Waals surface area contributed by atoms with Gasteiger partial charge in [-0.3, -0.25) is 5.32 Å². The van der Waals surface area contributed by atoms with Gasteiger partial charge >= 0.3 is 0 Å². The maximum absolute atomic E-state index is 6.19. The summed E-state index contributed by atoms with van der Waals surface area (Å²) < 4.78 is 5.33. The molecular weight excluding hydrogens is 431 g/mol. The minimum atomic E-state index is 0.282. The van der Waals surface area contributed by atoms with Crippen LogP contribution >= 0.6 is 35.4 Å². The summed E-state index contributed by atoms with van der Waals surface area (Å²) in [7, 11) is 0. The van der Waals surface area contributed by atoms with Gasteiger partial charge in [-0.15, -0.1) is 0 Å². The van der Waals surface area contributed by atoms with Crippen molar-refractivity contribution < 1.29 is 4.42 Å². The second kappa shape index (κ2) is 9.69. The van der Waals surface area contributed by atoms with E-state index in [9.17, 15) is 0 Å². The lowest BCUT2D eigenvalue weighted by Crippen LogP contribution is -2.39. The smallest absolute Gasteiger partial charge is 0.229 e. The van der Waals surface area contributed by atoms with Crippen molar-refractivity contribution in [2.75, 3.05) is 10.6 Å². The molecule has 0 unspecified atom stereocenters. The summed E-state index contributed by atoms with van der Waals surface area (Å²) in [6.45, 7) is 4.08. The fraction of sp³-hybridized carbons (Fsp3) is 0.158. The Morgan fingerprint density at radius 2 is 1.86 bits per heavy atom. The summed E-state index contributed by atoms with van der Waals surface area (Å²) in [5, 5.41) is 10.3. The first-order valence-electron chi connectivity index (χ1n) is 8.58. The molecular formula is C19H18Cl2N6OS. The zero-order valence-corrected chi connectivity index (χ0v) is 18.0. The van der Waals surface area contributed by atoms with E-state index in [0.717, 1.165) is 11.4 Å². The van der Waals surface area contributed by atoms with Gasteiger partial charge in [0.25, 0.3) is 0 Å². The highest BCUT2D eigenvalue weighted by molar-refractivity contribution is 7.80. The predicted molar refractivity (Wildman–Crippen MR) is 121 cm³/mol. The number of guanidine groups is 1. The van der Waals surface area contributed by atoms with Crippen molar-refractivity contribution in [3.63, 3.8) is 0 Å². The van der Waals surface area contributed by atoms with E-state index in [-0.39, 0.29) is 5.11 Å². The lowest BCUT2D eigenvalue weighted by atomic mass is 10.3. The maximum Gasteiger partial charge on any atom is 0.229 e. The summed E-state index contributed by atoms with van der Waals surface area (Å²) in [5.41, 5.74) is 2.28. The number of rotatable bonds is 4. The Kier molecular flexibility index (Phi) is 7.03. The normalized spacial score (nSPS) is 11.2. The van der Waals surface area contributed by atoms with Gasteiger partial charge in [0.2, 0.25) is 11.9 Å². The molecule has 0 aliphatic carbocycles. The van der Waals surface area contributed by atoms with Gasteiger partial charge in [-0.25, -0.2) is 15.0 Å². The fourth-order valence-corrected chi connectivity index (χ4v) is 3.07. The largest absolute Gasteiger partial charge is 0.467 e. The van der Waals surface area contributed by atoms with Crippen LogP contribution in [0.2, 0.25) is 10.0 Å². The van der Waals surface area contributed by atoms with Crippen molar-refractivity contribution in [2.45, 2.75) is 20.4 Å². The Morgan fingerprint density at radius 3 is 2.52 bits per heavy atom. The first-order valence-corrected chi connectivity index (χ1v) is 9.74. The minimum Gasteiger partial charge on any atom is -0.467 e. The van der Waals surface area contributed by atoms with E-state index in [4.69, 9.17) is 39.8 Å². The van der Waals surface area contributed by atoms with Gasteiger partial charge in [-0.05, 0) is 62.5 Å². The molecule has 0 aliphatic heterocycles. The number of aliphatic imine (C=N–C) groups is 1. The van der Waals surface area contributed by atoms with E-state index in [1.807, 2.05) is 26.0 Å². The lowest BCUT2D eigenvalue weighted by molar-refractivity contribution is 0.512. The molecule has 3 rings (SSSR count). The molecule has 150 valence electrons. The molecule has 0 bridgehead atoms. The van der Waals surface area contributed by atoms with E-state index in [0.29, 0.717) is 39.9 Å². The number of aromatic nitrogens is 2. The summed E-state index contributed by atoms with van der Waals surface area (Å²) in [4.78, 5) is 13.2. The first-order chi connectivity index (χ1) is 13.9. The topological polar surface area (TPSA) is 87.4 Å². The molecule has 3 N–H and O–H groups in total. The average Bonchev–Trinajstić information content (AvgIpc) is 3.15. The molecule has 0 aliphatic rings. The Labute approximate surface area is 183 Å². The highest BCUT2D eigenvalue weighted by Crippen LogP contribution is 2.25. The van der Waals surface area contributed by atoms with E-state index in [1.54, 1.807) is 30.5 Å². The zero-order chi connectivity index (χ0) is 20.8. The molecule has 10 heteroatoms. The molecule has 0 saturated heterocycles. The second-order valence-corrected chi connectivity index (χ2v) is 7.30. The van der Waals surface area contributed by atoms with Crippen LogP contribution in [0, 0.1) is 13.8 Å². The SMILES string of the molecule is Cc1cc(C)nc(NC(=NCc2ccco2)NC(=S)Nc2ccc(Cl)cc2Cl)n1. The van der Waals surface area contributed by atoms with Crippen molar-refractivity contribution in [1.29, 1.82) is 0 Å².